The zero-order valence-corrected chi connectivity index (χ0v) is 13.3. The summed E-state index contributed by atoms with van der Waals surface area (Å²) in [5, 5.41) is 0. The van der Waals surface area contributed by atoms with Crippen molar-refractivity contribution in [2.45, 2.75) is 52.5 Å². The number of aromatic nitrogens is 2. The molecule has 0 aliphatic heterocycles. The fourth-order valence-corrected chi connectivity index (χ4v) is 3.71. The van der Waals surface area contributed by atoms with Gasteiger partial charge in [0.25, 0.3) is 0 Å². The predicted octanol–water partition coefficient (Wildman–Crippen LogP) is 5.22. The van der Waals surface area contributed by atoms with E-state index in [-0.39, 0.29) is 0 Å². The average molecular weight is 288 g/mol. The summed E-state index contributed by atoms with van der Waals surface area (Å²) in [5.41, 5.74) is 3.73. The Hall–Kier alpha value is -1.09. The van der Waals surface area contributed by atoms with E-state index in [4.69, 9.17) is 12.2 Å². The molecule has 1 aliphatic rings. The van der Waals surface area contributed by atoms with Crippen LogP contribution in [0.5, 0.6) is 0 Å². The van der Waals surface area contributed by atoms with E-state index in [1.807, 2.05) is 0 Å². The molecule has 0 radical (unpaired) electrons. The largest absolute Gasteiger partial charge is 0.331 e. The lowest BCUT2D eigenvalue weighted by Crippen LogP contribution is -2.14. The van der Waals surface area contributed by atoms with Gasteiger partial charge in [-0.2, -0.15) is 0 Å². The Morgan fingerprint density at radius 3 is 2.75 bits per heavy atom. The van der Waals surface area contributed by atoms with Crippen molar-refractivity contribution in [3.8, 4) is 0 Å². The van der Waals surface area contributed by atoms with E-state index in [1.165, 1.54) is 43.2 Å². The van der Waals surface area contributed by atoms with Crippen LogP contribution in [-0.2, 0) is 6.54 Å². The highest BCUT2D eigenvalue weighted by Gasteiger charge is 2.18. The number of rotatable bonds is 3. The molecule has 2 aromatic rings. The average Bonchev–Trinajstić information content (AvgIpc) is 2.73. The van der Waals surface area contributed by atoms with Crippen LogP contribution in [0.4, 0.5) is 0 Å². The van der Waals surface area contributed by atoms with Crippen molar-refractivity contribution in [3.05, 3.63) is 28.5 Å². The van der Waals surface area contributed by atoms with Crippen LogP contribution < -0.4 is 0 Å². The molecule has 0 saturated heterocycles. The number of nitrogens with one attached hydrogen (secondary N) is 1. The molecule has 0 amide bonds. The van der Waals surface area contributed by atoms with Crippen LogP contribution in [-0.4, -0.2) is 9.55 Å². The van der Waals surface area contributed by atoms with Gasteiger partial charge in [0.15, 0.2) is 4.77 Å². The van der Waals surface area contributed by atoms with Crippen molar-refractivity contribution < 1.29 is 0 Å². The molecule has 1 aromatic heterocycles. The number of nitrogens with zero attached hydrogens (tertiary/aromatic N) is 1. The second kappa shape index (κ2) is 5.72. The van der Waals surface area contributed by atoms with Gasteiger partial charge in [-0.25, -0.2) is 0 Å². The number of H-pyrrole nitrogens is 1. The quantitative estimate of drug-likeness (QED) is 0.768. The number of aryl methyl sites for hydroxylation is 2. The fraction of sp³-hybridized carbons (Fsp3) is 0.588. The second-order valence-electron chi connectivity index (χ2n) is 6.52. The van der Waals surface area contributed by atoms with E-state index in [9.17, 15) is 0 Å². The van der Waals surface area contributed by atoms with Crippen molar-refractivity contribution in [2.24, 2.45) is 11.8 Å². The second-order valence-corrected chi connectivity index (χ2v) is 6.90. The lowest BCUT2D eigenvalue weighted by molar-refractivity contribution is 0.269. The van der Waals surface area contributed by atoms with Crippen LogP contribution in [0.3, 0.4) is 0 Å². The lowest BCUT2D eigenvalue weighted by Gasteiger charge is -2.26. The van der Waals surface area contributed by atoms with Crippen molar-refractivity contribution in [2.75, 3.05) is 0 Å². The third kappa shape index (κ3) is 2.83. The molecule has 1 N–H and O–H groups in total. The molecule has 1 aliphatic carbocycles. The predicted molar refractivity (Wildman–Crippen MR) is 87.6 cm³/mol. The molecule has 108 valence electrons. The van der Waals surface area contributed by atoms with Crippen molar-refractivity contribution in [1.29, 1.82) is 0 Å². The minimum Gasteiger partial charge on any atom is -0.331 e. The Morgan fingerprint density at radius 1 is 1.25 bits per heavy atom. The SMILES string of the molecule is Cc1ccc2[nH]c(=S)n(CCC3CCC(C)CC3)c2c1. The van der Waals surface area contributed by atoms with Gasteiger partial charge in [-0.1, -0.05) is 38.7 Å². The van der Waals surface area contributed by atoms with Crippen LogP contribution in [0.15, 0.2) is 18.2 Å². The first-order valence-electron chi connectivity index (χ1n) is 7.82. The molecule has 1 saturated carbocycles. The van der Waals surface area contributed by atoms with E-state index < -0.39 is 0 Å². The highest BCUT2D eigenvalue weighted by molar-refractivity contribution is 7.71. The summed E-state index contributed by atoms with van der Waals surface area (Å²) in [6, 6.07) is 6.52. The first kappa shape index (κ1) is 13.9. The molecule has 1 aromatic carbocycles. The summed E-state index contributed by atoms with van der Waals surface area (Å²) in [5.74, 6) is 1.83. The van der Waals surface area contributed by atoms with Gasteiger partial charge in [0, 0.05) is 6.54 Å². The molecule has 0 atom stereocenters. The molecule has 0 unspecified atom stereocenters. The van der Waals surface area contributed by atoms with Crippen LogP contribution in [0, 0.1) is 23.5 Å². The van der Waals surface area contributed by atoms with Gasteiger partial charge in [0.1, 0.15) is 0 Å². The number of benzene rings is 1. The van der Waals surface area contributed by atoms with E-state index in [0.29, 0.717) is 0 Å². The van der Waals surface area contributed by atoms with Gasteiger partial charge in [-0.3, -0.25) is 0 Å². The molecule has 1 heterocycles. The Balaban J connectivity index is 1.75. The zero-order chi connectivity index (χ0) is 14.1. The maximum Gasteiger partial charge on any atom is 0.178 e. The van der Waals surface area contributed by atoms with Crippen molar-refractivity contribution in [3.63, 3.8) is 0 Å². The van der Waals surface area contributed by atoms with Gasteiger partial charge in [-0.15, -0.1) is 0 Å². The maximum atomic E-state index is 5.49. The normalized spacial score (nSPS) is 23.3. The topological polar surface area (TPSA) is 20.7 Å². The molecule has 0 spiro atoms. The van der Waals surface area contributed by atoms with Crippen molar-refractivity contribution >= 4 is 23.3 Å². The Labute approximate surface area is 126 Å². The number of aromatic amines is 1. The summed E-state index contributed by atoms with van der Waals surface area (Å²) in [6.07, 6.45) is 6.87. The number of fused-ring (bicyclic) bond motifs is 1. The summed E-state index contributed by atoms with van der Waals surface area (Å²) in [4.78, 5) is 3.33. The molecule has 20 heavy (non-hydrogen) atoms. The third-order valence-electron chi connectivity index (χ3n) is 4.83. The number of hydrogen-bond acceptors (Lipinski definition) is 1. The standard InChI is InChI=1S/C17H24N2S/c1-12-3-6-14(7-4-12)9-10-19-16-11-13(2)5-8-15(16)18-17(19)20/h5,8,11-12,14H,3-4,6-7,9-10H2,1-2H3,(H,18,20). The monoisotopic (exact) mass is 288 g/mol. The van der Waals surface area contributed by atoms with E-state index >= 15 is 0 Å². The highest BCUT2D eigenvalue weighted by Crippen LogP contribution is 2.31. The molecule has 3 rings (SSSR count). The first-order chi connectivity index (χ1) is 9.63. The number of imidazole rings is 1. The van der Waals surface area contributed by atoms with Gasteiger partial charge in [0.05, 0.1) is 11.0 Å². The van der Waals surface area contributed by atoms with Gasteiger partial charge < -0.3 is 9.55 Å². The Bertz CT molecular complexity index is 645. The summed E-state index contributed by atoms with van der Waals surface area (Å²) in [6.45, 7) is 5.58. The van der Waals surface area contributed by atoms with Crippen LogP contribution in [0.25, 0.3) is 11.0 Å². The molecular weight excluding hydrogens is 264 g/mol. The van der Waals surface area contributed by atoms with E-state index in [1.54, 1.807) is 0 Å². The lowest BCUT2D eigenvalue weighted by atomic mass is 9.81. The minimum absolute atomic E-state index is 0.870. The van der Waals surface area contributed by atoms with Crippen LogP contribution >= 0.6 is 12.2 Å². The molecule has 1 fully saturated rings. The van der Waals surface area contributed by atoms with Crippen molar-refractivity contribution in [1.82, 2.24) is 9.55 Å². The first-order valence-corrected chi connectivity index (χ1v) is 8.23. The smallest absolute Gasteiger partial charge is 0.178 e. The van der Waals surface area contributed by atoms with E-state index in [0.717, 1.165) is 28.7 Å². The highest BCUT2D eigenvalue weighted by atomic mass is 32.1. The summed E-state index contributed by atoms with van der Waals surface area (Å²) in [7, 11) is 0. The molecule has 2 nitrogen and oxygen atoms in total. The van der Waals surface area contributed by atoms with Gasteiger partial charge in [-0.05, 0) is 55.1 Å². The third-order valence-corrected chi connectivity index (χ3v) is 5.15. The fourth-order valence-electron chi connectivity index (χ4n) is 3.41. The van der Waals surface area contributed by atoms with Crippen LogP contribution in [0.2, 0.25) is 0 Å². The summed E-state index contributed by atoms with van der Waals surface area (Å²) < 4.78 is 3.16. The summed E-state index contributed by atoms with van der Waals surface area (Å²) >= 11 is 5.49. The minimum atomic E-state index is 0.870. The van der Waals surface area contributed by atoms with E-state index in [2.05, 4.69) is 41.6 Å². The van der Waals surface area contributed by atoms with Gasteiger partial charge >= 0.3 is 0 Å². The Kier molecular flexibility index (Phi) is 3.97. The maximum absolute atomic E-state index is 5.49. The molecular formula is C17H24N2S. The number of hydrogen-bond donors (Lipinski definition) is 1. The molecule has 0 bridgehead atoms. The van der Waals surface area contributed by atoms with Crippen LogP contribution in [0.1, 0.15) is 44.6 Å². The molecule has 3 heteroatoms. The van der Waals surface area contributed by atoms with Gasteiger partial charge in [0.2, 0.25) is 0 Å². The Morgan fingerprint density at radius 2 is 2.00 bits per heavy atom. The zero-order valence-electron chi connectivity index (χ0n) is 12.5.